The lowest BCUT2D eigenvalue weighted by molar-refractivity contribution is -0.138. The van der Waals surface area contributed by atoms with Crippen LogP contribution in [0.4, 0.5) is 4.79 Å². The minimum absolute atomic E-state index is 0.0999. The van der Waals surface area contributed by atoms with Gasteiger partial charge in [-0.1, -0.05) is 41.2 Å². The molecule has 1 amide bonds. The fourth-order valence-corrected chi connectivity index (χ4v) is 1.89. The van der Waals surface area contributed by atoms with Crippen LogP contribution in [0.2, 0.25) is 0 Å². The molecule has 0 rings (SSSR count). The predicted octanol–water partition coefficient (Wildman–Crippen LogP) is 2.90. The predicted molar refractivity (Wildman–Crippen MR) is 78.3 cm³/mol. The molecule has 1 unspecified atom stereocenters. The van der Waals surface area contributed by atoms with Crippen molar-refractivity contribution in [2.45, 2.75) is 47.6 Å². The van der Waals surface area contributed by atoms with Gasteiger partial charge in [0.2, 0.25) is 0 Å². The third-order valence-electron chi connectivity index (χ3n) is 2.65. The molecule has 1 N–H and O–H groups in total. The molecule has 0 aromatic rings. The van der Waals surface area contributed by atoms with Crippen LogP contribution < -0.4 is 5.32 Å². The molecule has 0 saturated heterocycles. The first-order chi connectivity index (χ1) is 9.05. The molecule has 5 heteroatoms. The largest absolute Gasteiger partial charge is 0.460 e. The Labute approximate surface area is 121 Å². The molecule has 0 fully saturated rings. The highest BCUT2D eigenvalue weighted by atomic mass is 16.6. The van der Waals surface area contributed by atoms with Gasteiger partial charge >= 0.3 is 12.1 Å². The summed E-state index contributed by atoms with van der Waals surface area (Å²) in [6, 6.07) is 0. The van der Waals surface area contributed by atoms with Gasteiger partial charge in [0.1, 0.15) is 12.7 Å². The second-order valence-electron chi connectivity index (χ2n) is 6.28. The molecule has 0 radical (unpaired) electrons. The van der Waals surface area contributed by atoms with Crippen molar-refractivity contribution in [3.63, 3.8) is 0 Å². The number of nitrogens with one attached hydrogen (secondary N) is 1. The van der Waals surface area contributed by atoms with Gasteiger partial charge in [-0.05, 0) is 18.3 Å². The van der Waals surface area contributed by atoms with Gasteiger partial charge in [0.15, 0.2) is 0 Å². The van der Waals surface area contributed by atoms with E-state index >= 15 is 0 Å². The smallest absolute Gasteiger partial charge is 0.407 e. The van der Waals surface area contributed by atoms with Gasteiger partial charge in [-0.25, -0.2) is 9.59 Å². The SMILES string of the molecule is C=C(C)C(=O)OCCNC(=O)OC(C(C)C)C(C)(C)C. The summed E-state index contributed by atoms with van der Waals surface area (Å²) in [5.74, 6) is -0.239. The van der Waals surface area contributed by atoms with Gasteiger partial charge in [-0.15, -0.1) is 0 Å². The van der Waals surface area contributed by atoms with Crippen LogP contribution >= 0.6 is 0 Å². The van der Waals surface area contributed by atoms with Gasteiger partial charge in [0.25, 0.3) is 0 Å². The van der Waals surface area contributed by atoms with Crippen LogP contribution in [0.5, 0.6) is 0 Å². The van der Waals surface area contributed by atoms with Crippen LogP contribution in [-0.4, -0.2) is 31.3 Å². The van der Waals surface area contributed by atoms with Crippen LogP contribution in [0.3, 0.4) is 0 Å². The average Bonchev–Trinajstić information content (AvgIpc) is 2.29. The summed E-state index contributed by atoms with van der Waals surface area (Å²) in [5.41, 5.74) is 0.206. The van der Waals surface area contributed by atoms with Gasteiger partial charge < -0.3 is 14.8 Å². The lowest BCUT2D eigenvalue weighted by atomic mass is 9.82. The van der Waals surface area contributed by atoms with Crippen molar-refractivity contribution in [2.24, 2.45) is 11.3 Å². The van der Waals surface area contributed by atoms with Crippen molar-refractivity contribution in [1.29, 1.82) is 0 Å². The lowest BCUT2D eigenvalue weighted by Gasteiger charge is -2.33. The number of carbonyl (C=O) groups excluding carboxylic acids is 2. The van der Waals surface area contributed by atoms with Crippen molar-refractivity contribution >= 4 is 12.1 Å². The van der Waals surface area contributed by atoms with E-state index in [1.165, 1.54) is 0 Å². The molecule has 0 aromatic carbocycles. The highest BCUT2D eigenvalue weighted by Gasteiger charge is 2.30. The number of alkyl carbamates (subject to hydrolysis) is 1. The first-order valence-electron chi connectivity index (χ1n) is 6.82. The third kappa shape index (κ3) is 7.16. The number of ether oxygens (including phenoxy) is 2. The number of carbonyl (C=O) groups is 2. The van der Waals surface area contributed by atoms with Crippen LogP contribution in [0, 0.1) is 11.3 Å². The fraction of sp³-hybridized carbons (Fsp3) is 0.733. The van der Waals surface area contributed by atoms with Crippen LogP contribution in [0.25, 0.3) is 0 Å². The van der Waals surface area contributed by atoms with Crippen LogP contribution in [0.1, 0.15) is 41.5 Å². The third-order valence-corrected chi connectivity index (χ3v) is 2.65. The molecule has 0 bridgehead atoms. The quantitative estimate of drug-likeness (QED) is 0.463. The first-order valence-corrected chi connectivity index (χ1v) is 6.82. The van der Waals surface area contributed by atoms with E-state index in [9.17, 15) is 9.59 Å². The second-order valence-corrected chi connectivity index (χ2v) is 6.28. The topological polar surface area (TPSA) is 64.6 Å². The molecule has 0 aliphatic heterocycles. The highest BCUT2D eigenvalue weighted by Crippen LogP contribution is 2.28. The monoisotopic (exact) mass is 285 g/mol. The Morgan fingerprint density at radius 3 is 2.20 bits per heavy atom. The normalized spacial score (nSPS) is 12.8. The van der Waals surface area contributed by atoms with E-state index in [1.807, 2.05) is 34.6 Å². The van der Waals surface area contributed by atoms with Gasteiger partial charge in [-0.2, -0.15) is 0 Å². The van der Waals surface area contributed by atoms with Crippen molar-refractivity contribution in [3.05, 3.63) is 12.2 Å². The summed E-state index contributed by atoms with van der Waals surface area (Å²) in [6.07, 6.45) is -0.675. The minimum atomic E-state index is -0.495. The number of amides is 1. The lowest BCUT2D eigenvalue weighted by Crippen LogP contribution is -2.40. The van der Waals surface area contributed by atoms with Crippen molar-refractivity contribution in [1.82, 2.24) is 5.32 Å². The zero-order chi connectivity index (χ0) is 15.9. The van der Waals surface area contributed by atoms with Gasteiger partial charge in [0, 0.05) is 5.57 Å². The van der Waals surface area contributed by atoms with E-state index < -0.39 is 12.1 Å². The molecule has 116 valence electrons. The Kier molecular flexibility index (Phi) is 7.32. The molecule has 20 heavy (non-hydrogen) atoms. The Balaban J connectivity index is 4.10. The summed E-state index contributed by atoms with van der Waals surface area (Å²) in [5, 5.41) is 2.57. The van der Waals surface area contributed by atoms with Crippen molar-refractivity contribution in [2.75, 3.05) is 13.2 Å². The van der Waals surface area contributed by atoms with Crippen LogP contribution in [0.15, 0.2) is 12.2 Å². The molecule has 0 heterocycles. The Hall–Kier alpha value is -1.52. The zero-order valence-electron chi connectivity index (χ0n) is 13.4. The number of hydrogen-bond acceptors (Lipinski definition) is 4. The van der Waals surface area contributed by atoms with E-state index in [1.54, 1.807) is 6.92 Å². The summed E-state index contributed by atoms with van der Waals surface area (Å²) < 4.78 is 10.3. The summed E-state index contributed by atoms with van der Waals surface area (Å²) in [6.45, 7) is 15.5. The van der Waals surface area contributed by atoms with E-state index in [-0.39, 0.29) is 30.6 Å². The van der Waals surface area contributed by atoms with E-state index in [2.05, 4.69) is 11.9 Å². The van der Waals surface area contributed by atoms with Crippen LogP contribution in [-0.2, 0) is 14.3 Å². The van der Waals surface area contributed by atoms with Crippen molar-refractivity contribution in [3.8, 4) is 0 Å². The summed E-state index contributed by atoms with van der Waals surface area (Å²) in [7, 11) is 0. The average molecular weight is 285 g/mol. The molecule has 0 saturated carbocycles. The standard InChI is InChI=1S/C15H27NO4/c1-10(2)12(15(5,6)7)20-14(18)16-8-9-19-13(17)11(3)4/h10,12H,3,8-9H2,1-2,4-7H3,(H,16,18). The fourth-order valence-electron chi connectivity index (χ4n) is 1.89. The molecule has 1 atom stereocenters. The highest BCUT2D eigenvalue weighted by molar-refractivity contribution is 5.86. The van der Waals surface area contributed by atoms with Crippen molar-refractivity contribution < 1.29 is 19.1 Å². The maximum absolute atomic E-state index is 11.7. The second kappa shape index (κ2) is 7.92. The van der Waals surface area contributed by atoms with E-state index in [0.717, 1.165) is 0 Å². The number of esters is 1. The molecule has 5 nitrogen and oxygen atoms in total. The Bertz CT molecular complexity index is 355. The Morgan fingerprint density at radius 2 is 1.80 bits per heavy atom. The first kappa shape index (κ1) is 18.5. The molecular weight excluding hydrogens is 258 g/mol. The minimum Gasteiger partial charge on any atom is -0.460 e. The van der Waals surface area contributed by atoms with Gasteiger partial charge in [-0.3, -0.25) is 0 Å². The summed E-state index contributed by atoms with van der Waals surface area (Å²) in [4.78, 5) is 22.8. The molecule has 0 aromatic heterocycles. The number of hydrogen-bond donors (Lipinski definition) is 1. The molecular formula is C15H27NO4. The molecule has 0 aliphatic carbocycles. The summed E-state index contributed by atoms with van der Waals surface area (Å²) >= 11 is 0. The zero-order valence-corrected chi connectivity index (χ0v) is 13.4. The number of rotatable bonds is 6. The van der Waals surface area contributed by atoms with E-state index in [0.29, 0.717) is 5.57 Å². The van der Waals surface area contributed by atoms with E-state index in [4.69, 9.17) is 9.47 Å². The Morgan fingerprint density at radius 1 is 1.25 bits per heavy atom. The molecule has 0 aliphatic rings. The maximum atomic E-state index is 11.7. The van der Waals surface area contributed by atoms with Gasteiger partial charge in [0.05, 0.1) is 6.54 Å². The molecule has 0 spiro atoms. The maximum Gasteiger partial charge on any atom is 0.407 e.